The van der Waals surface area contributed by atoms with Crippen LogP contribution in [0.5, 0.6) is 5.75 Å². The fourth-order valence-corrected chi connectivity index (χ4v) is 3.56. The number of hydrogen-bond acceptors (Lipinski definition) is 3. The molecule has 1 aliphatic rings. The second kappa shape index (κ2) is 9.28. The molecule has 1 aliphatic heterocycles. The van der Waals surface area contributed by atoms with Crippen LogP contribution in [-0.4, -0.2) is 44.1 Å². The second-order valence-electron chi connectivity index (χ2n) is 6.25. The minimum Gasteiger partial charge on any atom is -0.492 e. The first-order valence-electron chi connectivity index (χ1n) is 8.41. The van der Waals surface area contributed by atoms with Gasteiger partial charge in [0.25, 0.3) is 0 Å². The highest BCUT2D eigenvalue weighted by molar-refractivity contribution is 9.10. The normalized spacial score (nSPS) is 15.7. The van der Waals surface area contributed by atoms with Gasteiger partial charge in [-0.05, 0) is 79.3 Å². The number of halogens is 1. The number of benzene rings is 1. The Bertz CT molecular complexity index is 514. The van der Waals surface area contributed by atoms with Crippen molar-refractivity contribution in [2.45, 2.75) is 32.6 Å². The van der Waals surface area contributed by atoms with Crippen LogP contribution in [0.2, 0.25) is 0 Å². The van der Waals surface area contributed by atoms with Crippen molar-refractivity contribution in [3.63, 3.8) is 0 Å². The summed E-state index contributed by atoms with van der Waals surface area (Å²) in [6.45, 7) is 5.32. The molecule has 23 heavy (non-hydrogen) atoms. The van der Waals surface area contributed by atoms with Gasteiger partial charge in [-0.2, -0.15) is 0 Å². The van der Waals surface area contributed by atoms with Crippen LogP contribution in [0, 0.1) is 12.8 Å². The SMILES string of the molecule is CNCCC1CCN(C(=O)CCOc2ccc(C)cc2Br)CC1. The molecule has 1 fully saturated rings. The number of ether oxygens (including phenoxy) is 1. The fraction of sp³-hybridized carbons (Fsp3) is 0.611. The van der Waals surface area contributed by atoms with Crippen LogP contribution in [0.1, 0.15) is 31.2 Å². The number of rotatable bonds is 7. The highest BCUT2D eigenvalue weighted by Crippen LogP contribution is 2.26. The molecule has 1 heterocycles. The number of likely N-dealkylation sites (tertiary alicyclic amines) is 1. The van der Waals surface area contributed by atoms with Gasteiger partial charge in [0.05, 0.1) is 17.5 Å². The third-order valence-electron chi connectivity index (χ3n) is 4.43. The Balaban J connectivity index is 1.69. The molecule has 1 amide bonds. The number of nitrogens with one attached hydrogen (secondary N) is 1. The van der Waals surface area contributed by atoms with Gasteiger partial charge < -0.3 is 15.0 Å². The van der Waals surface area contributed by atoms with E-state index in [0.717, 1.165) is 48.6 Å². The Morgan fingerprint density at radius 1 is 1.39 bits per heavy atom. The van der Waals surface area contributed by atoms with E-state index < -0.39 is 0 Å². The van der Waals surface area contributed by atoms with E-state index in [1.165, 1.54) is 12.0 Å². The molecule has 0 unspecified atom stereocenters. The van der Waals surface area contributed by atoms with Crippen LogP contribution in [0.25, 0.3) is 0 Å². The van der Waals surface area contributed by atoms with Gasteiger partial charge in [0, 0.05) is 13.1 Å². The summed E-state index contributed by atoms with van der Waals surface area (Å²) in [7, 11) is 1.99. The Morgan fingerprint density at radius 3 is 2.78 bits per heavy atom. The molecule has 0 aliphatic carbocycles. The standard InChI is InChI=1S/C18H27BrN2O2/c1-14-3-4-17(16(19)13-14)23-12-8-18(22)21-10-6-15(7-11-21)5-9-20-2/h3-4,13,15,20H,5-12H2,1-2H3. The molecule has 1 aromatic rings. The van der Waals surface area contributed by atoms with Crippen molar-refractivity contribution in [3.8, 4) is 5.75 Å². The van der Waals surface area contributed by atoms with Gasteiger partial charge in [-0.1, -0.05) is 6.07 Å². The Morgan fingerprint density at radius 2 is 2.13 bits per heavy atom. The van der Waals surface area contributed by atoms with Gasteiger partial charge in [0.2, 0.25) is 5.91 Å². The van der Waals surface area contributed by atoms with Crippen LogP contribution in [0.15, 0.2) is 22.7 Å². The molecule has 1 saturated heterocycles. The summed E-state index contributed by atoms with van der Waals surface area (Å²) in [5.41, 5.74) is 1.18. The summed E-state index contributed by atoms with van der Waals surface area (Å²) >= 11 is 3.49. The smallest absolute Gasteiger partial charge is 0.225 e. The Hall–Kier alpha value is -1.07. The maximum atomic E-state index is 12.3. The van der Waals surface area contributed by atoms with Crippen molar-refractivity contribution in [1.82, 2.24) is 10.2 Å². The van der Waals surface area contributed by atoms with Crippen molar-refractivity contribution >= 4 is 21.8 Å². The van der Waals surface area contributed by atoms with Gasteiger partial charge in [-0.15, -0.1) is 0 Å². The first-order valence-corrected chi connectivity index (χ1v) is 9.20. The largest absolute Gasteiger partial charge is 0.492 e. The van der Waals surface area contributed by atoms with Gasteiger partial charge in [-0.25, -0.2) is 0 Å². The van der Waals surface area contributed by atoms with Crippen molar-refractivity contribution in [2.75, 3.05) is 33.3 Å². The van der Waals surface area contributed by atoms with E-state index in [0.29, 0.717) is 13.0 Å². The lowest BCUT2D eigenvalue weighted by Gasteiger charge is -2.32. The summed E-state index contributed by atoms with van der Waals surface area (Å²) in [6.07, 6.45) is 3.90. The van der Waals surface area contributed by atoms with Gasteiger partial charge in [-0.3, -0.25) is 4.79 Å². The van der Waals surface area contributed by atoms with E-state index in [1.807, 2.05) is 37.1 Å². The van der Waals surface area contributed by atoms with Crippen molar-refractivity contribution in [1.29, 1.82) is 0 Å². The molecule has 4 nitrogen and oxygen atoms in total. The van der Waals surface area contributed by atoms with Crippen molar-refractivity contribution in [2.24, 2.45) is 5.92 Å². The van der Waals surface area contributed by atoms with Crippen molar-refractivity contribution < 1.29 is 9.53 Å². The molecule has 0 atom stereocenters. The zero-order valence-electron chi connectivity index (χ0n) is 14.1. The third kappa shape index (κ3) is 5.81. The summed E-state index contributed by atoms with van der Waals surface area (Å²) in [4.78, 5) is 14.3. The van der Waals surface area contributed by atoms with Gasteiger partial charge in [0.15, 0.2) is 0 Å². The first kappa shape index (κ1) is 18.3. The average molecular weight is 383 g/mol. The number of hydrogen-bond donors (Lipinski definition) is 1. The molecule has 2 rings (SSSR count). The molecule has 1 N–H and O–H groups in total. The molecule has 5 heteroatoms. The quantitative estimate of drug-likeness (QED) is 0.785. The Kier molecular flexibility index (Phi) is 7.37. The molecule has 128 valence electrons. The maximum Gasteiger partial charge on any atom is 0.225 e. The minimum absolute atomic E-state index is 0.209. The van der Waals surface area contributed by atoms with E-state index in [9.17, 15) is 4.79 Å². The van der Waals surface area contributed by atoms with Crippen molar-refractivity contribution in [3.05, 3.63) is 28.2 Å². The molecule has 0 bridgehead atoms. The van der Waals surface area contributed by atoms with Gasteiger partial charge >= 0.3 is 0 Å². The average Bonchev–Trinajstić information content (AvgIpc) is 2.55. The highest BCUT2D eigenvalue weighted by atomic mass is 79.9. The molecule has 0 spiro atoms. The second-order valence-corrected chi connectivity index (χ2v) is 7.10. The number of nitrogens with zero attached hydrogens (tertiary/aromatic N) is 1. The molecular weight excluding hydrogens is 356 g/mol. The van der Waals surface area contributed by atoms with Crippen LogP contribution in [0.3, 0.4) is 0 Å². The van der Waals surface area contributed by atoms with E-state index in [1.54, 1.807) is 0 Å². The van der Waals surface area contributed by atoms with E-state index in [2.05, 4.69) is 21.2 Å². The Labute approximate surface area is 147 Å². The number of piperidine rings is 1. The lowest BCUT2D eigenvalue weighted by molar-refractivity contribution is -0.133. The molecule has 0 aromatic heterocycles. The number of carbonyl (C=O) groups is 1. The maximum absolute atomic E-state index is 12.3. The predicted octanol–water partition coefficient (Wildman–Crippen LogP) is 3.37. The fourth-order valence-electron chi connectivity index (χ4n) is 2.95. The van der Waals surface area contributed by atoms with E-state index in [4.69, 9.17) is 4.74 Å². The number of carbonyl (C=O) groups excluding carboxylic acids is 1. The van der Waals surface area contributed by atoms with Gasteiger partial charge in [0.1, 0.15) is 5.75 Å². The van der Waals surface area contributed by atoms with E-state index in [-0.39, 0.29) is 5.91 Å². The molecule has 0 radical (unpaired) electrons. The third-order valence-corrected chi connectivity index (χ3v) is 5.05. The summed E-state index contributed by atoms with van der Waals surface area (Å²) in [6, 6.07) is 5.97. The lowest BCUT2D eigenvalue weighted by atomic mass is 9.93. The van der Waals surface area contributed by atoms with Crippen LogP contribution in [-0.2, 0) is 4.79 Å². The molecular formula is C18H27BrN2O2. The summed E-state index contributed by atoms with van der Waals surface area (Å²) in [5.74, 6) is 1.76. The van der Waals surface area contributed by atoms with Crippen LogP contribution < -0.4 is 10.1 Å². The summed E-state index contributed by atoms with van der Waals surface area (Å²) < 4.78 is 6.66. The van der Waals surface area contributed by atoms with E-state index >= 15 is 0 Å². The zero-order chi connectivity index (χ0) is 16.7. The molecule has 1 aromatic carbocycles. The minimum atomic E-state index is 0.209. The topological polar surface area (TPSA) is 41.6 Å². The monoisotopic (exact) mass is 382 g/mol. The van der Waals surface area contributed by atoms with Crippen LogP contribution in [0.4, 0.5) is 0 Å². The highest BCUT2D eigenvalue weighted by Gasteiger charge is 2.22. The predicted molar refractivity (Wildman–Crippen MR) is 96.8 cm³/mol. The van der Waals surface area contributed by atoms with Crippen LogP contribution >= 0.6 is 15.9 Å². The molecule has 0 saturated carbocycles. The first-order chi connectivity index (χ1) is 11.1. The lowest BCUT2D eigenvalue weighted by Crippen LogP contribution is -2.39. The number of aryl methyl sites for hydroxylation is 1. The summed E-state index contributed by atoms with van der Waals surface area (Å²) in [5, 5.41) is 3.20. The number of amides is 1. The zero-order valence-corrected chi connectivity index (χ0v) is 15.7.